The third-order valence-corrected chi connectivity index (χ3v) is 3.68. The Hall–Kier alpha value is -3.19. The van der Waals surface area contributed by atoms with Crippen LogP contribution in [-0.2, 0) is 14.3 Å². The topological polar surface area (TPSA) is 117 Å². The number of nitrogens with zero attached hydrogens (tertiary/aromatic N) is 3. The van der Waals surface area contributed by atoms with E-state index in [2.05, 4.69) is 9.53 Å². The van der Waals surface area contributed by atoms with Gasteiger partial charge in [-0.15, -0.1) is 0 Å². The number of hydrogen-bond acceptors (Lipinski definition) is 5. The second kappa shape index (κ2) is 6.51. The smallest absolute Gasteiger partial charge is 0.335 e. The van der Waals surface area contributed by atoms with Crippen molar-refractivity contribution in [1.29, 1.82) is 0 Å². The van der Waals surface area contributed by atoms with E-state index in [1.165, 1.54) is 24.3 Å². The molecule has 0 bridgehead atoms. The molecule has 0 spiro atoms. The fourth-order valence-corrected chi connectivity index (χ4v) is 2.57. The van der Waals surface area contributed by atoms with Crippen molar-refractivity contribution in [2.24, 2.45) is 0 Å². The largest absolute Gasteiger partial charge is 0.467 e. The number of halogens is 1. The number of rotatable bonds is 6. The Balaban J connectivity index is 2.58. The molecule has 1 unspecified atom stereocenters. The molecular weight excluding hydrogens is 321 g/mol. The minimum Gasteiger partial charge on any atom is -0.467 e. The lowest BCUT2D eigenvalue weighted by Crippen LogP contribution is -2.60. The molecule has 9 heteroatoms. The number of carbonyl (C=O) groups is 4. The molecule has 1 heterocycles. The first-order chi connectivity index (χ1) is 11.4. The van der Waals surface area contributed by atoms with E-state index in [1.807, 2.05) is 0 Å². The summed E-state index contributed by atoms with van der Waals surface area (Å²) < 4.78 is 18.4. The standard InChI is InChI=1S/C15H12FN3O5/c1-24-14(23)15(8-16,6-9(20)7-18-17)19-12(21)10-4-2-3-5-11(10)13(19)22/h2-5,7H,6,8H2,1H3. The summed E-state index contributed by atoms with van der Waals surface area (Å²) in [5.41, 5.74) is 5.92. The predicted molar refractivity (Wildman–Crippen MR) is 77.0 cm³/mol. The number of alkyl halides is 1. The molecule has 8 nitrogen and oxygen atoms in total. The number of carbonyl (C=O) groups excluding carboxylic acids is 4. The maximum absolute atomic E-state index is 13.9. The van der Waals surface area contributed by atoms with E-state index in [1.54, 1.807) is 0 Å². The number of fused-ring (bicyclic) bond motifs is 1. The summed E-state index contributed by atoms with van der Waals surface area (Å²) in [6.07, 6.45) is -0.461. The van der Waals surface area contributed by atoms with Crippen molar-refractivity contribution < 1.29 is 33.1 Å². The summed E-state index contributed by atoms with van der Waals surface area (Å²) in [7, 11) is 0.940. The molecule has 0 N–H and O–H groups in total. The summed E-state index contributed by atoms with van der Waals surface area (Å²) in [5.74, 6) is -4.05. The van der Waals surface area contributed by atoms with Crippen LogP contribution in [0.4, 0.5) is 4.39 Å². The van der Waals surface area contributed by atoms with Crippen LogP contribution in [0.1, 0.15) is 27.1 Å². The number of ether oxygens (including phenoxy) is 1. The molecule has 1 aliphatic heterocycles. The summed E-state index contributed by atoms with van der Waals surface area (Å²) >= 11 is 0. The van der Waals surface area contributed by atoms with Crippen molar-refractivity contribution in [2.75, 3.05) is 13.8 Å². The van der Waals surface area contributed by atoms with Crippen LogP contribution in [0.5, 0.6) is 0 Å². The lowest BCUT2D eigenvalue weighted by molar-refractivity contribution is -0.155. The molecule has 0 radical (unpaired) electrons. The molecule has 2 rings (SSSR count). The van der Waals surface area contributed by atoms with Gasteiger partial charge in [-0.3, -0.25) is 19.3 Å². The fraction of sp³-hybridized carbons (Fsp3) is 0.267. The van der Waals surface area contributed by atoms with Gasteiger partial charge in [0.25, 0.3) is 11.8 Å². The Morgan fingerprint density at radius 1 is 1.29 bits per heavy atom. The maximum Gasteiger partial charge on any atom is 0.335 e. The zero-order chi connectivity index (χ0) is 17.9. The van der Waals surface area contributed by atoms with Crippen molar-refractivity contribution in [2.45, 2.75) is 12.0 Å². The number of methoxy groups -OCH3 is 1. The first kappa shape index (κ1) is 17.2. The van der Waals surface area contributed by atoms with Gasteiger partial charge in [0.2, 0.25) is 5.78 Å². The van der Waals surface area contributed by atoms with Crippen LogP contribution in [0.2, 0.25) is 0 Å². The number of ketones is 1. The maximum atomic E-state index is 13.9. The van der Waals surface area contributed by atoms with Crippen LogP contribution in [0.25, 0.3) is 5.53 Å². The lowest BCUT2D eigenvalue weighted by atomic mass is 9.92. The van der Waals surface area contributed by atoms with E-state index >= 15 is 0 Å². The molecule has 1 aliphatic rings. The first-order valence-corrected chi connectivity index (χ1v) is 6.75. The van der Waals surface area contributed by atoms with Gasteiger partial charge in [-0.05, 0) is 12.1 Å². The Bertz CT molecular complexity index is 752. The molecular formula is C15H12FN3O5. The number of esters is 1. The van der Waals surface area contributed by atoms with E-state index in [4.69, 9.17) is 5.53 Å². The van der Waals surface area contributed by atoms with Gasteiger partial charge in [0.15, 0.2) is 5.54 Å². The molecule has 24 heavy (non-hydrogen) atoms. The van der Waals surface area contributed by atoms with Crippen LogP contribution in [-0.4, -0.2) is 58.8 Å². The van der Waals surface area contributed by atoms with Crippen LogP contribution >= 0.6 is 0 Å². The van der Waals surface area contributed by atoms with Crippen molar-refractivity contribution >= 4 is 29.8 Å². The molecule has 0 saturated heterocycles. The zero-order valence-corrected chi connectivity index (χ0v) is 12.6. The van der Waals surface area contributed by atoms with Gasteiger partial charge < -0.3 is 10.3 Å². The highest BCUT2D eigenvalue weighted by atomic mass is 19.1. The molecule has 1 aromatic rings. The number of Topliss-reactive ketones (excluding diaryl/α,β-unsaturated/α-hetero) is 1. The van der Waals surface area contributed by atoms with E-state index in [0.29, 0.717) is 11.1 Å². The van der Waals surface area contributed by atoms with Crippen LogP contribution in [0.15, 0.2) is 24.3 Å². The van der Waals surface area contributed by atoms with Gasteiger partial charge in [0.1, 0.15) is 6.67 Å². The molecule has 0 aliphatic carbocycles. The van der Waals surface area contributed by atoms with Gasteiger partial charge >= 0.3 is 12.2 Å². The Morgan fingerprint density at radius 2 is 1.83 bits per heavy atom. The quantitative estimate of drug-likeness (QED) is 0.246. The minimum atomic E-state index is -2.47. The normalized spacial score (nSPS) is 15.3. The average Bonchev–Trinajstić information content (AvgIpc) is 2.84. The number of imide groups is 1. The summed E-state index contributed by atoms with van der Waals surface area (Å²) in [4.78, 5) is 51.8. The molecule has 0 aromatic heterocycles. The predicted octanol–water partition coefficient (Wildman–Crippen LogP) is 0.424. The Labute approximate surface area is 135 Å². The van der Waals surface area contributed by atoms with Crippen molar-refractivity contribution in [3.63, 3.8) is 0 Å². The summed E-state index contributed by atoms with van der Waals surface area (Å²) in [5, 5.41) is 0. The third kappa shape index (κ3) is 2.50. The lowest BCUT2D eigenvalue weighted by Gasteiger charge is -2.34. The number of hydrogen-bond donors (Lipinski definition) is 0. The molecule has 1 atom stereocenters. The van der Waals surface area contributed by atoms with Crippen molar-refractivity contribution in [3.05, 3.63) is 40.9 Å². The number of benzene rings is 1. The fourth-order valence-electron chi connectivity index (χ4n) is 2.57. The minimum absolute atomic E-state index is 0.00694. The molecule has 124 valence electrons. The van der Waals surface area contributed by atoms with Gasteiger partial charge in [-0.2, -0.15) is 4.79 Å². The summed E-state index contributed by atoms with van der Waals surface area (Å²) in [6.45, 7) is -1.53. The van der Waals surface area contributed by atoms with Crippen LogP contribution in [0, 0.1) is 0 Å². The number of amides is 2. The van der Waals surface area contributed by atoms with Gasteiger partial charge in [-0.25, -0.2) is 9.18 Å². The second-order valence-electron chi connectivity index (χ2n) is 5.04. The van der Waals surface area contributed by atoms with Gasteiger partial charge in [-0.1, -0.05) is 12.1 Å². The van der Waals surface area contributed by atoms with Gasteiger partial charge in [0.05, 0.1) is 24.7 Å². The van der Waals surface area contributed by atoms with E-state index in [9.17, 15) is 23.6 Å². The van der Waals surface area contributed by atoms with Crippen LogP contribution in [0.3, 0.4) is 0 Å². The zero-order valence-electron chi connectivity index (χ0n) is 12.6. The molecule has 1 aromatic carbocycles. The Kier molecular flexibility index (Phi) is 4.66. The highest BCUT2D eigenvalue weighted by molar-refractivity contribution is 6.28. The second-order valence-corrected chi connectivity index (χ2v) is 5.04. The van der Waals surface area contributed by atoms with Crippen molar-refractivity contribution in [1.82, 2.24) is 4.90 Å². The monoisotopic (exact) mass is 333 g/mol. The molecule has 2 amide bonds. The van der Waals surface area contributed by atoms with E-state index < -0.39 is 42.2 Å². The van der Waals surface area contributed by atoms with Crippen LogP contribution < -0.4 is 0 Å². The van der Waals surface area contributed by atoms with Crippen molar-refractivity contribution in [3.8, 4) is 0 Å². The molecule has 0 fully saturated rings. The highest BCUT2D eigenvalue weighted by Crippen LogP contribution is 2.33. The average molecular weight is 333 g/mol. The van der Waals surface area contributed by atoms with E-state index in [-0.39, 0.29) is 11.1 Å². The molecule has 0 saturated carbocycles. The summed E-state index contributed by atoms with van der Waals surface area (Å²) in [6, 6.07) is 5.72. The van der Waals surface area contributed by atoms with Gasteiger partial charge in [0, 0.05) is 0 Å². The highest BCUT2D eigenvalue weighted by Gasteiger charge is 2.56. The SMILES string of the molecule is COC(=O)C(CF)(CC(=O)C=[N+]=[N-])N1C(=O)c2ccccc2C1=O. The van der Waals surface area contributed by atoms with E-state index in [0.717, 1.165) is 7.11 Å². The first-order valence-electron chi connectivity index (χ1n) is 6.75. The third-order valence-electron chi connectivity index (χ3n) is 3.68. The Morgan fingerprint density at radius 3 is 2.25 bits per heavy atom.